The monoisotopic (exact) mass is 790 g/mol. The predicted molar refractivity (Wildman–Crippen MR) is 184 cm³/mol. The molecule has 2 amide bonds. The lowest BCUT2D eigenvalue weighted by Crippen LogP contribution is -2.41. The molecule has 318 valence electrons. The quantitative estimate of drug-likeness (QED) is 0.0155. The smallest absolute Gasteiger partial charge is 0.407 e. The first-order chi connectivity index (χ1) is 26.0. The molecule has 21 heteroatoms. The third-order valence-corrected chi connectivity index (χ3v) is 7.30. The fraction of sp³-hybridized carbons (Fsp3) is 0.879. The van der Waals surface area contributed by atoms with E-state index in [1.807, 2.05) is 6.92 Å². The molecule has 54 heavy (non-hydrogen) atoms. The summed E-state index contributed by atoms with van der Waals surface area (Å²) in [6, 6.07) is 0. The lowest BCUT2D eigenvalue weighted by Gasteiger charge is -2.28. The molecule has 0 spiro atoms. The van der Waals surface area contributed by atoms with Crippen LogP contribution >= 0.6 is 0 Å². The molecule has 7 N–H and O–H groups in total. The molecular formula is C33H62N2O19. The molecule has 0 saturated heterocycles. The zero-order chi connectivity index (χ0) is 40.6. The maximum absolute atomic E-state index is 12.8. The molecule has 0 rings (SSSR count). The van der Waals surface area contributed by atoms with E-state index >= 15 is 0 Å². The van der Waals surface area contributed by atoms with E-state index in [-0.39, 0.29) is 51.5 Å². The number of unbranched alkanes of at least 4 members (excludes halogenated alkanes) is 2. The first-order valence-electron chi connectivity index (χ1n) is 17.8. The number of rotatable bonds is 35. The highest BCUT2D eigenvalue weighted by molar-refractivity contribution is 5.77. The summed E-state index contributed by atoms with van der Waals surface area (Å²) in [5, 5.41) is 60.2. The van der Waals surface area contributed by atoms with E-state index in [1.165, 1.54) is 14.2 Å². The molecule has 0 heterocycles. The van der Waals surface area contributed by atoms with Crippen molar-refractivity contribution in [1.29, 1.82) is 0 Å². The van der Waals surface area contributed by atoms with Gasteiger partial charge in [0, 0.05) is 32.5 Å². The summed E-state index contributed by atoms with van der Waals surface area (Å²) in [7, 11) is 2.47. The maximum Gasteiger partial charge on any atom is 0.407 e. The summed E-state index contributed by atoms with van der Waals surface area (Å²) < 4.78 is 47.5. The molecule has 0 aliphatic rings. The van der Waals surface area contributed by atoms with Crippen LogP contribution in [0.1, 0.15) is 51.9 Å². The molecule has 0 aromatic rings. The zero-order valence-electron chi connectivity index (χ0n) is 31.5. The number of ether oxygens (including phenoxy) is 9. The minimum absolute atomic E-state index is 0.0185. The van der Waals surface area contributed by atoms with Gasteiger partial charge < -0.3 is 83.5 Å². The Morgan fingerprint density at radius 1 is 0.593 bits per heavy atom. The number of esters is 2. The van der Waals surface area contributed by atoms with Crippen molar-refractivity contribution in [1.82, 2.24) is 10.2 Å². The third-order valence-electron chi connectivity index (χ3n) is 7.30. The largest absolute Gasteiger partial charge is 0.469 e. The van der Waals surface area contributed by atoms with Crippen molar-refractivity contribution in [3.8, 4) is 0 Å². The number of methoxy groups -OCH3 is 2. The second kappa shape index (κ2) is 33.5. The first-order valence-corrected chi connectivity index (χ1v) is 17.8. The average molecular weight is 791 g/mol. The van der Waals surface area contributed by atoms with Crippen molar-refractivity contribution in [3.63, 3.8) is 0 Å². The average Bonchev–Trinajstić information content (AvgIpc) is 3.18. The molecular weight excluding hydrogens is 728 g/mol. The summed E-state index contributed by atoms with van der Waals surface area (Å²) in [6.45, 7) is -2.50. The highest BCUT2D eigenvalue weighted by atomic mass is 16.7. The Balaban J connectivity index is 5.31. The van der Waals surface area contributed by atoms with Gasteiger partial charge in [0.2, 0.25) is 5.91 Å². The lowest BCUT2D eigenvalue weighted by molar-refractivity contribution is -0.254. The number of hydrogen-bond acceptors (Lipinski definition) is 19. The minimum Gasteiger partial charge on any atom is -0.469 e. The van der Waals surface area contributed by atoms with Crippen LogP contribution in [-0.4, -0.2) is 197 Å². The van der Waals surface area contributed by atoms with Crippen molar-refractivity contribution < 1.29 is 92.4 Å². The van der Waals surface area contributed by atoms with Crippen LogP contribution in [0.2, 0.25) is 0 Å². The van der Waals surface area contributed by atoms with Crippen LogP contribution in [-0.2, 0) is 57.0 Å². The van der Waals surface area contributed by atoms with Gasteiger partial charge in [-0.2, -0.15) is 0 Å². The Kier molecular flexibility index (Phi) is 31.8. The van der Waals surface area contributed by atoms with Crippen LogP contribution in [0.4, 0.5) is 4.79 Å². The molecule has 0 aliphatic heterocycles. The minimum atomic E-state index is -1.41. The van der Waals surface area contributed by atoms with Gasteiger partial charge in [-0.3, -0.25) is 14.4 Å². The topological polar surface area (TPSA) is 288 Å². The SMILES string of the molecule is CCCCCN(CCOC(CO)OC(CO)COC(CO)OC(COC(=O)NCCC(=O)OC)COC(CO)OC(CO)CO)C(=O)CCCC(=O)OC. The van der Waals surface area contributed by atoms with Gasteiger partial charge in [0.25, 0.3) is 0 Å². The van der Waals surface area contributed by atoms with E-state index in [1.54, 1.807) is 4.90 Å². The number of hydrogen-bond donors (Lipinski definition) is 7. The number of carbonyl (C=O) groups excluding carboxylic acids is 4. The van der Waals surface area contributed by atoms with Gasteiger partial charge in [-0.15, -0.1) is 0 Å². The third kappa shape index (κ3) is 25.3. The number of alkyl carbamates (subject to hydrolysis) is 1. The van der Waals surface area contributed by atoms with E-state index in [0.717, 1.165) is 19.3 Å². The van der Waals surface area contributed by atoms with E-state index in [0.29, 0.717) is 13.0 Å². The predicted octanol–water partition coefficient (Wildman–Crippen LogP) is -2.22. The van der Waals surface area contributed by atoms with Crippen LogP contribution in [0.5, 0.6) is 0 Å². The molecule has 5 atom stereocenters. The summed E-state index contributed by atoms with van der Waals surface area (Å²) >= 11 is 0. The van der Waals surface area contributed by atoms with Gasteiger partial charge in [0.1, 0.15) is 24.9 Å². The summed E-state index contributed by atoms with van der Waals surface area (Å²) in [4.78, 5) is 49.3. The molecule has 0 bridgehead atoms. The van der Waals surface area contributed by atoms with Gasteiger partial charge >= 0.3 is 18.0 Å². The van der Waals surface area contributed by atoms with Crippen LogP contribution in [0.3, 0.4) is 0 Å². The lowest BCUT2D eigenvalue weighted by atomic mass is 10.2. The second-order valence-corrected chi connectivity index (χ2v) is 11.6. The molecule has 0 aliphatic carbocycles. The van der Waals surface area contributed by atoms with Crippen LogP contribution in [0.25, 0.3) is 0 Å². The van der Waals surface area contributed by atoms with E-state index in [9.17, 15) is 49.8 Å². The van der Waals surface area contributed by atoms with Crippen molar-refractivity contribution in [3.05, 3.63) is 0 Å². The summed E-state index contributed by atoms with van der Waals surface area (Å²) in [5.41, 5.74) is 0. The molecule has 5 unspecified atom stereocenters. The molecule has 0 aromatic heterocycles. The van der Waals surface area contributed by atoms with Crippen molar-refractivity contribution in [2.24, 2.45) is 0 Å². The Hall–Kier alpha value is -2.80. The van der Waals surface area contributed by atoms with E-state index in [4.69, 9.17) is 33.2 Å². The maximum atomic E-state index is 12.8. The zero-order valence-corrected chi connectivity index (χ0v) is 31.5. The van der Waals surface area contributed by atoms with Gasteiger partial charge in [-0.1, -0.05) is 19.8 Å². The van der Waals surface area contributed by atoms with Gasteiger partial charge in [-0.25, -0.2) is 4.79 Å². The molecule has 0 aromatic carbocycles. The van der Waals surface area contributed by atoms with Crippen molar-refractivity contribution >= 4 is 23.9 Å². The highest BCUT2D eigenvalue weighted by Gasteiger charge is 2.25. The van der Waals surface area contributed by atoms with E-state index < -0.39 is 108 Å². The fourth-order valence-corrected chi connectivity index (χ4v) is 4.32. The highest BCUT2D eigenvalue weighted by Crippen LogP contribution is 2.11. The van der Waals surface area contributed by atoms with Crippen LogP contribution in [0, 0.1) is 0 Å². The Morgan fingerprint density at radius 3 is 1.69 bits per heavy atom. The van der Waals surface area contributed by atoms with Crippen LogP contribution < -0.4 is 5.32 Å². The molecule has 0 fully saturated rings. The standard InChI is InChI=1S/C33H62N2O19/c1-4-5-6-12-35(27(42)8-7-9-28(43)46-2)13-14-48-30(18-39)53-25(17-38)21-49-32(20-41)54-26(22-50-31(19-40)52-24(15-36)16-37)23-51-33(45)34-11-10-29(44)47-3/h24-26,30-32,36-41H,4-23H2,1-3H3,(H,34,45). The number of nitrogens with zero attached hydrogens (tertiary/aromatic N) is 1. The number of carbonyl (C=O) groups is 4. The summed E-state index contributed by atoms with van der Waals surface area (Å²) in [5.74, 6) is -1.13. The van der Waals surface area contributed by atoms with Crippen LogP contribution in [0.15, 0.2) is 0 Å². The Labute approximate surface area is 315 Å². The second-order valence-electron chi connectivity index (χ2n) is 11.6. The molecule has 0 saturated carbocycles. The molecule has 21 nitrogen and oxygen atoms in total. The van der Waals surface area contributed by atoms with Crippen molar-refractivity contribution in [2.45, 2.75) is 89.1 Å². The summed E-state index contributed by atoms with van der Waals surface area (Å²) in [6.07, 6.45) is -5.12. The fourth-order valence-electron chi connectivity index (χ4n) is 4.32. The van der Waals surface area contributed by atoms with Crippen molar-refractivity contribution in [2.75, 3.05) is 99.9 Å². The number of aliphatic hydroxyl groups excluding tert-OH is 6. The normalized spacial score (nSPS) is 14.2. The Bertz CT molecular complexity index is 976. The Morgan fingerprint density at radius 2 is 1.13 bits per heavy atom. The van der Waals surface area contributed by atoms with E-state index in [2.05, 4.69) is 14.8 Å². The van der Waals surface area contributed by atoms with Gasteiger partial charge in [-0.05, 0) is 12.8 Å². The molecule has 0 radical (unpaired) electrons. The number of aliphatic hydroxyl groups is 6. The number of amides is 2. The van der Waals surface area contributed by atoms with Gasteiger partial charge in [0.15, 0.2) is 18.9 Å². The van der Waals surface area contributed by atoms with Gasteiger partial charge in [0.05, 0.1) is 80.1 Å². The first kappa shape index (κ1) is 51.2. The number of nitrogens with one attached hydrogen (secondary N) is 1.